The minimum atomic E-state index is 0.341. The van der Waals surface area contributed by atoms with E-state index in [1.807, 2.05) is 66.7 Å². The highest BCUT2D eigenvalue weighted by molar-refractivity contribution is 6.19. The molecule has 4 heterocycles. The van der Waals surface area contributed by atoms with Gasteiger partial charge in [0.15, 0.2) is 5.82 Å². The first-order valence-electron chi connectivity index (χ1n) is 22.2. The third-order valence-electron chi connectivity index (χ3n) is 13.1. The highest BCUT2D eigenvalue weighted by Gasteiger charge is 2.23. The van der Waals surface area contributed by atoms with E-state index in [1.54, 1.807) is 0 Å². The average Bonchev–Trinajstić information content (AvgIpc) is 4.03. The zero-order chi connectivity index (χ0) is 44.6. The molecule has 0 radical (unpaired) electrons. The van der Waals surface area contributed by atoms with Crippen molar-refractivity contribution >= 4 is 71.1 Å². The van der Waals surface area contributed by atoms with Crippen LogP contribution in [0, 0.1) is 17.9 Å². The van der Waals surface area contributed by atoms with Gasteiger partial charge in [-0.1, -0.05) is 127 Å². The fraction of sp³-hybridized carbons (Fsp3) is 0. The summed E-state index contributed by atoms with van der Waals surface area (Å²) in [6, 6.07) is 75.3. The summed E-state index contributed by atoms with van der Waals surface area (Å²) in [5.41, 5.74) is 13.3. The lowest BCUT2D eigenvalue weighted by Gasteiger charge is -2.15. The van der Waals surface area contributed by atoms with Crippen molar-refractivity contribution in [2.24, 2.45) is 0 Å². The first-order chi connectivity index (χ1) is 33.2. The Hall–Kier alpha value is -9.56. The van der Waals surface area contributed by atoms with Crippen LogP contribution in [0.2, 0.25) is 0 Å². The summed E-state index contributed by atoms with van der Waals surface area (Å²) in [6.45, 7) is 8.68. The molecule has 0 fully saturated rings. The molecule has 4 aromatic heterocycles. The molecule has 0 atom stereocenters. The molecular formula is C60H35N7. The molecule has 0 amide bonds. The number of rotatable bonds is 6. The van der Waals surface area contributed by atoms with Gasteiger partial charge in [0.1, 0.15) is 11.6 Å². The van der Waals surface area contributed by atoms with Gasteiger partial charge in [-0.2, -0.15) is 5.26 Å². The first kappa shape index (κ1) is 37.9. The number of benzene rings is 9. The highest BCUT2D eigenvalue weighted by atomic mass is 15.0. The molecular weight excluding hydrogens is 819 g/mol. The summed E-state index contributed by atoms with van der Waals surface area (Å²) >= 11 is 0. The third kappa shape index (κ3) is 5.83. The smallest absolute Gasteiger partial charge is 0.211 e. The van der Waals surface area contributed by atoms with Crippen LogP contribution in [-0.4, -0.2) is 23.7 Å². The maximum absolute atomic E-state index is 11.0. The van der Waals surface area contributed by atoms with Gasteiger partial charge in [0, 0.05) is 54.8 Å². The van der Waals surface area contributed by atoms with E-state index in [2.05, 4.69) is 170 Å². The number of aromatic nitrogens is 5. The maximum atomic E-state index is 11.0. The van der Waals surface area contributed by atoms with Gasteiger partial charge in [0.05, 0.1) is 56.7 Å². The predicted molar refractivity (Wildman–Crippen MR) is 272 cm³/mol. The minimum Gasteiger partial charge on any atom is -0.319 e. The lowest BCUT2D eigenvalue weighted by molar-refractivity contribution is 1.16. The van der Waals surface area contributed by atoms with Crippen molar-refractivity contribution in [3.8, 4) is 57.0 Å². The molecule has 0 saturated heterocycles. The molecule has 0 unspecified atom stereocenters. The van der Waals surface area contributed by atoms with E-state index in [0.29, 0.717) is 34.0 Å². The maximum Gasteiger partial charge on any atom is 0.211 e. The molecule has 13 aromatic rings. The molecule has 0 aliphatic heterocycles. The molecule has 0 aliphatic carbocycles. The Labute approximate surface area is 384 Å². The number of nitriles is 1. The van der Waals surface area contributed by atoms with Crippen molar-refractivity contribution in [1.29, 1.82) is 5.26 Å². The Morgan fingerprint density at radius 2 is 0.851 bits per heavy atom. The second-order valence-corrected chi connectivity index (χ2v) is 16.8. The van der Waals surface area contributed by atoms with Gasteiger partial charge < -0.3 is 13.7 Å². The van der Waals surface area contributed by atoms with Crippen molar-refractivity contribution in [2.45, 2.75) is 0 Å². The van der Waals surface area contributed by atoms with Crippen molar-refractivity contribution in [1.82, 2.24) is 23.7 Å². The monoisotopic (exact) mass is 853 g/mol. The van der Waals surface area contributed by atoms with E-state index in [9.17, 15) is 5.26 Å². The number of hydrogen-bond donors (Lipinski definition) is 0. The van der Waals surface area contributed by atoms with E-state index in [4.69, 9.17) is 16.5 Å². The molecule has 0 spiro atoms. The predicted octanol–water partition coefficient (Wildman–Crippen LogP) is 15.2. The Balaban J connectivity index is 1.02. The summed E-state index contributed by atoms with van der Waals surface area (Å²) in [4.78, 5) is 14.6. The SMILES string of the molecule is [C-]#[N+]c1cc(-c2nc(-c3ccc4c(c3)c3ccccc3n4-c3ccccc3)nc(-c3ccccc3)c2C#N)ccc1-n1c2ccccc2c2cc3c4ccccc4n(-c4ccccc4)c3cc21. The topological polar surface area (TPSA) is 68.7 Å². The molecule has 0 N–H and O–H groups in total. The zero-order valence-electron chi connectivity index (χ0n) is 35.8. The molecule has 9 aromatic carbocycles. The minimum absolute atomic E-state index is 0.341. The summed E-state index contributed by atoms with van der Waals surface area (Å²) in [6.07, 6.45) is 0. The normalized spacial score (nSPS) is 11.6. The number of hydrogen-bond acceptors (Lipinski definition) is 3. The Morgan fingerprint density at radius 3 is 1.43 bits per heavy atom. The van der Waals surface area contributed by atoms with Gasteiger partial charge in [0.2, 0.25) is 5.69 Å². The van der Waals surface area contributed by atoms with Crippen molar-refractivity contribution < 1.29 is 0 Å². The van der Waals surface area contributed by atoms with Crippen LogP contribution in [-0.2, 0) is 0 Å². The molecule has 310 valence electrons. The Morgan fingerprint density at radius 1 is 0.388 bits per heavy atom. The molecule has 7 heteroatoms. The van der Waals surface area contributed by atoms with Crippen molar-refractivity contribution in [2.75, 3.05) is 0 Å². The van der Waals surface area contributed by atoms with Crippen LogP contribution in [0.4, 0.5) is 5.69 Å². The van der Waals surface area contributed by atoms with E-state index in [1.165, 1.54) is 5.39 Å². The Kier molecular flexibility index (Phi) is 8.51. The van der Waals surface area contributed by atoms with Crippen molar-refractivity contribution in [3.63, 3.8) is 0 Å². The fourth-order valence-electron chi connectivity index (χ4n) is 10.2. The standard InChI is InChI=1S/C60H35N7/c1-62-50-34-39(29-32-55(50)67-53-28-16-13-25-45(53)48-35-47-44-24-12-15-27-52(44)66(56(47)36-57(48)67)42-21-9-4-10-22-42)59-49(37-61)58(38-17-5-2-6-18-38)63-60(64-59)40-30-31-54-46(33-40)43-23-11-14-26-51(43)65(54)41-19-7-3-8-20-41/h2-36H. The molecule has 0 aliphatic rings. The third-order valence-corrected chi connectivity index (χ3v) is 13.1. The molecule has 7 nitrogen and oxygen atoms in total. The quantitative estimate of drug-likeness (QED) is 0.156. The van der Waals surface area contributed by atoms with E-state index in [-0.39, 0.29) is 0 Å². The summed E-state index contributed by atoms with van der Waals surface area (Å²) in [7, 11) is 0. The van der Waals surface area contributed by atoms with Gasteiger partial charge in [0.25, 0.3) is 0 Å². The van der Waals surface area contributed by atoms with Crippen LogP contribution in [0.5, 0.6) is 0 Å². The average molecular weight is 854 g/mol. The first-order valence-corrected chi connectivity index (χ1v) is 22.2. The Bertz CT molecular complexity index is 4220. The van der Waals surface area contributed by atoms with E-state index in [0.717, 1.165) is 88.2 Å². The van der Waals surface area contributed by atoms with Crippen LogP contribution in [0.1, 0.15) is 5.56 Å². The van der Waals surface area contributed by atoms with Gasteiger partial charge in [-0.3, -0.25) is 0 Å². The van der Waals surface area contributed by atoms with Crippen LogP contribution < -0.4 is 0 Å². The number of nitrogens with zero attached hydrogens (tertiary/aromatic N) is 7. The molecule has 0 saturated carbocycles. The van der Waals surface area contributed by atoms with Crippen LogP contribution in [0.15, 0.2) is 212 Å². The largest absolute Gasteiger partial charge is 0.319 e. The lowest BCUT2D eigenvalue weighted by atomic mass is 9.99. The van der Waals surface area contributed by atoms with E-state index < -0.39 is 0 Å². The number of para-hydroxylation sites is 5. The van der Waals surface area contributed by atoms with Crippen LogP contribution >= 0.6 is 0 Å². The van der Waals surface area contributed by atoms with Gasteiger partial charge >= 0.3 is 0 Å². The summed E-state index contributed by atoms with van der Waals surface area (Å²) in [5, 5.41) is 17.7. The van der Waals surface area contributed by atoms with Gasteiger partial charge in [-0.15, -0.1) is 0 Å². The lowest BCUT2D eigenvalue weighted by Crippen LogP contribution is -2.02. The fourth-order valence-corrected chi connectivity index (χ4v) is 10.2. The molecule has 67 heavy (non-hydrogen) atoms. The van der Waals surface area contributed by atoms with Crippen molar-refractivity contribution in [3.05, 3.63) is 229 Å². The second-order valence-electron chi connectivity index (χ2n) is 16.8. The van der Waals surface area contributed by atoms with Crippen LogP contribution in [0.3, 0.4) is 0 Å². The van der Waals surface area contributed by atoms with Gasteiger partial charge in [-0.25, -0.2) is 14.8 Å². The summed E-state index contributed by atoms with van der Waals surface area (Å²) in [5.74, 6) is 0.486. The number of fused-ring (bicyclic) bond motifs is 9. The zero-order valence-corrected chi connectivity index (χ0v) is 35.8. The van der Waals surface area contributed by atoms with Gasteiger partial charge in [-0.05, 0) is 90.5 Å². The molecule has 13 rings (SSSR count). The second kappa shape index (κ2) is 15.0. The molecule has 0 bridgehead atoms. The van der Waals surface area contributed by atoms with Crippen LogP contribution in [0.25, 0.3) is 121 Å². The highest BCUT2D eigenvalue weighted by Crippen LogP contribution is 2.43. The summed E-state index contributed by atoms with van der Waals surface area (Å²) < 4.78 is 6.82. The van der Waals surface area contributed by atoms with E-state index >= 15 is 0 Å².